The van der Waals surface area contributed by atoms with E-state index in [0.29, 0.717) is 18.5 Å². The van der Waals surface area contributed by atoms with Crippen molar-refractivity contribution < 1.29 is 4.79 Å². The Balaban J connectivity index is 1.60. The number of hydrogen-bond donors (Lipinski definition) is 1. The first-order chi connectivity index (χ1) is 11.6. The Kier molecular flexibility index (Phi) is 5.32. The number of amides is 1. The lowest BCUT2D eigenvalue weighted by Crippen LogP contribution is -2.47. The summed E-state index contributed by atoms with van der Waals surface area (Å²) in [7, 11) is 0. The van der Waals surface area contributed by atoms with E-state index in [-0.39, 0.29) is 5.91 Å². The van der Waals surface area contributed by atoms with Gasteiger partial charge in [-0.3, -0.25) is 4.79 Å². The summed E-state index contributed by atoms with van der Waals surface area (Å²) in [6.45, 7) is 6.56. The van der Waals surface area contributed by atoms with Gasteiger partial charge in [0.2, 0.25) is 5.91 Å². The van der Waals surface area contributed by atoms with E-state index in [1.807, 2.05) is 0 Å². The van der Waals surface area contributed by atoms with Gasteiger partial charge in [-0.15, -0.1) is 0 Å². The minimum Gasteiger partial charge on any atom is -0.397 e. The van der Waals surface area contributed by atoms with Crippen LogP contribution >= 0.6 is 0 Å². The molecule has 3 rings (SSSR count). The van der Waals surface area contributed by atoms with Crippen molar-refractivity contribution in [1.82, 2.24) is 4.90 Å². The van der Waals surface area contributed by atoms with E-state index in [0.717, 1.165) is 43.7 Å². The van der Waals surface area contributed by atoms with Crippen LogP contribution in [0.4, 0.5) is 11.4 Å². The van der Waals surface area contributed by atoms with Crippen LogP contribution in [0.15, 0.2) is 18.2 Å². The summed E-state index contributed by atoms with van der Waals surface area (Å²) >= 11 is 0. The number of hydrogen-bond acceptors (Lipinski definition) is 3. The molecule has 0 aromatic heterocycles. The van der Waals surface area contributed by atoms with E-state index in [1.54, 1.807) is 0 Å². The van der Waals surface area contributed by atoms with E-state index >= 15 is 0 Å². The van der Waals surface area contributed by atoms with Crippen LogP contribution in [0.25, 0.3) is 0 Å². The standard InChI is InChI=1S/C20H31N3O/c1-15-6-5-7-16(2)23(15)20(24)11-9-17-8-10-19(18(21)14-17)22-12-3-4-13-22/h8,10,14-16H,3-7,9,11-13,21H2,1-2H3. The Morgan fingerprint density at radius 1 is 1.12 bits per heavy atom. The van der Waals surface area contributed by atoms with Gasteiger partial charge in [0, 0.05) is 31.6 Å². The van der Waals surface area contributed by atoms with Gasteiger partial charge in [-0.05, 0) is 70.1 Å². The number of rotatable bonds is 4. The molecule has 0 bridgehead atoms. The first kappa shape index (κ1) is 17.1. The second-order valence-corrected chi connectivity index (χ2v) is 7.52. The third-order valence-corrected chi connectivity index (χ3v) is 5.65. The van der Waals surface area contributed by atoms with Gasteiger partial charge in [0.25, 0.3) is 0 Å². The lowest BCUT2D eigenvalue weighted by molar-refractivity contribution is -0.137. The topological polar surface area (TPSA) is 49.6 Å². The molecule has 0 radical (unpaired) electrons. The summed E-state index contributed by atoms with van der Waals surface area (Å²) in [5, 5.41) is 0. The summed E-state index contributed by atoms with van der Waals surface area (Å²) in [6.07, 6.45) is 7.36. The molecule has 2 atom stereocenters. The largest absolute Gasteiger partial charge is 0.397 e. The quantitative estimate of drug-likeness (QED) is 0.859. The van der Waals surface area contributed by atoms with Crippen LogP contribution in [0.1, 0.15) is 57.9 Å². The molecule has 1 aromatic carbocycles. The number of nitrogen functional groups attached to an aromatic ring is 1. The van der Waals surface area contributed by atoms with Crippen LogP contribution < -0.4 is 10.6 Å². The number of anilines is 2. The van der Waals surface area contributed by atoms with Crippen molar-refractivity contribution in [3.05, 3.63) is 23.8 Å². The highest BCUT2D eigenvalue weighted by Crippen LogP contribution is 2.28. The average molecular weight is 329 g/mol. The monoisotopic (exact) mass is 329 g/mol. The molecule has 0 aliphatic carbocycles. The van der Waals surface area contributed by atoms with Gasteiger partial charge in [0.1, 0.15) is 0 Å². The van der Waals surface area contributed by atoms with Crippen LogP contribution in [0, 0.1) is 0 Å². The van der Waals surface area contributed by atoms with Gasteiger partial charge in [0.15, 0.2) is 0 Å². The summed E-state index contributed by atoms with van der Waals surface area (Å²) in [5.41, 5.74) is 9.43. The Bertz CT molecular complexity index is 570. The van der Waals surface area contributed by atoms with Crippen molar-refractivity contribution in [3.63, 3.8) is 0 Å². The fraction of sp³-hybridized carbons (Fsp3) is 0.650. The minimum absolute atomic E-state index is 0.289. The number of likely N-dealkylation sites (tertiary alicyclic amines) is 1. The molecule has 1 amide bonds. The number of carbonyl (C=O) groups excluding carboxylic acids is 1. The van der Waals surface area contributed by atoms with Gasteiger partial charge in [0.05, 0.1) is 11.4 Å². The van der Waals surface area contributed by atoms with Crippen molar-refractivity contribution in [2.24, 2.45) is 0 Å². The molecule has 4 nitrogen and oxygen atoms in total. The van der Waals surface area contributed by atoms with Crippen molar-refractivity contribution in [3.8, 4) is 0 Å². The lowest BCUT2D eigenvalue weighted by Gasteiger charge is -2.39. The third-order valence-electron chi connectivity index (χ3n) is 5.65. The van der Waals surface area contributed by atoms with E-state index in [2.05, 4.69) is 41.8 Å². The molecule has 1 aromatic rings. The van der Waals surface area contributed by atoms with Gasteiger partial charge in [-0.1, -0.05) is 6.07 Å². The predicted octanol–water partition coefficient (Wildman–Crippen LogP) is 3.59. The maximum Gasteiger partial charge on any atom is 0.223 e. The number of nitrogens with zero attached hydrogens (tertiary/aromatic N) is 2. The first-order valence-corrected chi connectivity index (χ1v) is 9.51. The molecule has 2 aliphatic rings. The molecule has 132 valence electrons. The second kappa shape index (κ2) is 7.45. The number of benzene rings is 1. The van der Waals surface area contributed by atoms with Crippen LogP contribution in [-0.2, 0) is 11.2 Å². The molecule has 2 unspecified atom stereocenters. The predicted molar refractivity (Wildman–Crippen MR) is 100 cm³/mol. The van der Waals surface area contributed by atoms with Crippen LogP contribution in [0.2, 0.25) is 0 Å². The van der Waals surface area contributed by atoms with Crippen LogP contribution in [0.5, 0.6) is 0 Å². The highest BCUT2D eigenvalue weighted by molar-refractivity contribution is 5.77. The molecule has 4 heteroatoms. The van der Waals surface area contributed by atoms with Gasteiger partial charge >= 0.3 is 0 Å². The number of nitrogens with two attached hydrogens (primary N) is 1. The summed E-state index contributed by atoms with van der Waals surface area (Å²) in [6, 6.07) is 7.09. The van der Waals surface area contributed by atoms with E-state index in [9.17, 15) is 4.79 Å². The normalized spacial score (nSPS) is 24.4. The molecular weight excluding hydrogens is 298 g/mol. The molecule has 2 heterocycles. The third kappa shape index (κ3) is 3.68. The lowest BCUT2D eigenvalue weighted by atomic mass is 9.96. The Morgan fingerprint density at radius 3 is 2.42 bits per heavy atom. The van der Waals surface area contributed by atoms with Crippen molar-refractivity contribution in [2.45, 2.75) is 70.9 Å². The Morgan fingerprint density at radius 2 is 1.79 bits per heavy atom. The highest BCUT2D eigenvalue weighted by atomic mass is 16.2. The maximum absolute atomic E-state index is 12.6. The molecule has 2 aliphatic heterocycles. The molecule has 0 saturated carbocycles. The van der Waals surface area contributed by atoms with Crippen molar-refractivity contribution in [2.75, 3.05) is 23.7 Å². The minimum atomic E-state index is 0.289. The van der Waals surface area contributed by atoms with Crippen LogP contribution in [-0.4, -0.2) is 36.0 Å². The van der Waals surface area contributed by atoms with Crippen molar-refractivity contribution in [1.29, 1.82) is 0 Å². The van der Waals surface area contributed by atoms with Gasteiger partial charge < -0.3 is 15.5 Å². The molecule has 2 N–H and O–H groups in total. The number of carbonyl (C=O) groups is 1. The summed E-state index contributed by atoms with van der Waals surface area (Å²) < 4.78 is 0. The fourth-order valence-corrected chi connectivity index (χ4v) is 4.30. The zero-order valence-corrected chi connectivity index (χ0v) is 15.1. The van der Waals surface area contributed by atoms with Gasteiger partial charge in [-0.2, -0.15) is 0 Å². The van der Waals surface area contributed by atoms with E-state index in [1.165, 1.54) is 24.8 Å². The number of aryl methyl sites for hydroxylation is 1. The summed E-state index contributed by atoms with van der Waals surface area (Å²) in [5.74, 6) is 0.289. The maximum atomic E-state index is 12.6. The summed E-state index contributed by atoms with van der Waals surface area (Å²) in [4.78, 5) is 17.1. The van der Waals surface area contributed by atoms with Crippen molar-refractivity contribution >= 4 is 17.3 Å². The zero-order valence-electron chi connectivity index (χ0n) is 15.1. The molecular formula is C20H31N3O. The molecule has 0 spiro atoms. The fourth-order valence-electron chi connectivity index (χ4n) is 4.30. The van der Waals surface area contributed by atoms with Crippen LogP contribution in [0.3, 0.4) is 0 Å². The second-order valence-electron chi connectivity index (χ2n) is 7.52. The molecule has 2 saturated heterocycles. The molecule has 24 heavy (non-hydrogen) atoms. The zero-order chi connectivity index (χ0) is 17.1. The smallest absolute Gasteiger partial charge is 0.223 e. The number of piperidine rings is 1. The SMILES string of the molecule is CC1CCCC(C)N1C(=O)CCc1ccc(N2CCCC2)c(N)c1. The van der Waals surface area contributed by atoms with Gasteiger partial charge in [-0.25, -0.2) is 0 Å². The Hall–Kier alpha value is -1.71. The molecule has 2 fully saturated rings. The average Bonchev–Trinajstić information content (AvgIpc) is 3.07. The Labute approximate surface area is 146 Å². The highest BCUT2D eigenvalue weighted by Gasteiger charge is 2.28. The van der Waals surface area contributed by atoms with E-state index < -0.39 is 0 Å². The first-order valence-electron chi connectivity index (χ1n) is 9.51. The van der Waals surface area contributed by atoms with E-state index in [4.69, 9.17) is 5.73 Å².